The van der Waals surface area contributed by atoms with E-state index >= 15 is 0 Å². The number of hydrogen-bond donors (Lipinski definition) is 2. The molecular formula is C15H21NO3S. The standard InChI is InChI=1S/C15H21NO3S/c1-2-12(13-7-4-8-20-13)16-14(17)10-5-3-6-11(9-10)15(18)19/h4,7-8,10-12H,2-3,5-6,9H2,1H3,(H,16,17)(H,18,19). The van der Waals surface area contributed by atoms with Crippen molar-refractivity contribution in [1.29, 1.82) is 0 Å². The van der Waals surface area contributed by atoms with Gasteiger partial charge < -0.3 is 10.4 Å². The van der Waals surface area contributed by atoms with Crippen LogP contribution in [0.4, 0.5) is 0 Å². The molecule has 1 heterocycles. The van der Waals surface area contributed by atoms with Gasteiger partial charge in [0, 0.05) is 10.8 Å². The molecule has 1 aliphatic rings. The van der Waals surface area contributed by atoms with E-state index in [2.05, 4.69) is 5.32 Å². The van der Waals surface area contributed by atoms with Crippen molar-refractivity contribution in [3.63, 3.8) is 0 Å². The summed E-state index contributed by atoms with van der Waals surface area (Å²) in [4.78, 5) is 24.5. The fraction of sp³-hybridized carbons (Fsp3) is 0.600. The number of thiophene rings is 1. The van der Waals surface area contributed by atoms with Gasteiger partial charge in [0.05, 0.1) is 12.0 Å². The van der Waals surface area contributed by atoms with E-state index in [1.165, 1.54) is 0 Å². The summed E-state index contributed by atoms with van der Waals surface area (Å²) < 4.78 is 0. The van der Waals surface area contributed by atoms with Crippen molar-refractivity contribution in [3.05, 3.63) is 22.4 Å². The zero-order valence-corrected chi connectivity index (χ0v) is 12.5. The third kappa shape index (κ3) is 3.60. The molecule has 0 saturated heterocycles. The normalized spacial score (nSPS) is 24.1. The Kier molecular flexibility index (Phi) is 5.17. The Balaban J connectivity index is 1.95. The van der Waals surface area contributed by atoms with E-state index in [0.29, 0.717) is 12.8 Å². The molecule has 4 nitrogen and oxygen atoms in total. The summed E-state index contributed by atoms with van der Waals surface area (Å²) in [6.07, 6.45) is 3.64. The van der Waals surface area contributed by atoms with Crippen LogP contribution in [0.3, 0.4) is 0 Å². The Morgan fingerprint density at radius 3 is 2.80 bits per heavy atom. The first kappa shape index (κ1) is 15.0. The number of aliphatic carboxylic acids is 1. The maximum atomic E-state index is 12.3. The maximum Gasteiger partial charge on any atom is 0.306 e. The van der Waals surface area contributed by atoms with Gasteiger partial charge in [0.15, 0.2) is 0 Å². The molecule has 1 fully saturated rings. The number of carbonyl (C=O) groups excluding carboxylic acids is 1. The number of carboxylic acid groups (broad SMARTS) is 1. The van der Waals surface area contributed by atoms with Crippen molar-refractivity contribution >= 4 is 23.2 Å². The fourth-order valence-corrected chi connectivity index (χ4v) is 3.67. The summed E-state index contributed by atoms with van der Waals surface area (Å²) in [5.41, 5.74) is 0. The summed E-state index contributed by atoms with van der Waals surface area (Å²) >= 11 is 1.64. The predicted octanol–water partition coefficient (Wildman–Crippen LogP) is 3.21. The van der Waals surface area contributed by atoms with Crippen LogP contribution in [0.25, 0.3) is 0 Å². The molecule has 1 aromatic heterocycles. The van der Waals surface area contributed by atoms with Gasteiger partial charge in [-0.1, -0.05) is 19.4 Å². The Hall–Kier alpha value is -1.36. The van der Waals surface area contributed by atoms with Crippen LogP contribution < -0.4 is 5.32 Å². The van der Waals surface area contributed by atoms with Gasteiger partial charge in [-0.2, -0.15) is 0 Å². The minimum Gasteiger partial charge on any atom is -0.481 e. The molecule has 3 unspecified atom stereocenters. The Labute approximate surface area is 123 Å². The van der Waals surface area contributed by atoms with Gasteiger partial charge in [-0.15, -0.1) is 11.3 Å². The average Bonchev–Trinajstić information content (AvgIpc) is 2.98. The van der Waals surface area contributed by atoms with E-state index in [4.69, 9.17) is 5.11 Å². The van der Waals surface area contributed by atoms with Crippen LogP contribution in [0.1, 0.15) is 49.9 Å². The number of amides is 1. The van der Waals surface area contributed by atoms with Crippen LogP contribution in [-0.4, -0.2) is 17.0 Å². The molecule has 0 radical (unpaired) electrons. The summed E-state index contributed by atoms with van der Waals surface area (Å²) in [6.45, 7) is 2.05. The summed E-state index contributed by atoms with van der Waals surface area (Å²) in [5.74, 6) is -1.27. The zero-order chi connectivity index (χ0) is 14.5. The Morgan fingerprint density at radius 1 is 1.45 bits per heavy atom. The van der Waals surface area contributed by atoms with Crippen molar-refractivity contribution in [2.45, 2.75) is 45.1 Å². The first-order valence-electron chi connectivity index (χ1n) is 7.18. The van der Waals surface area contributed by atoms with Gasteiger partial charge in [0.1, 0.15) is 0 Å². The molecule has 1 aromatic rings. The van der Waals surface area contributed by atoms with Crippen LogP contribution in [0.5, 0.6) is 0 Å². The largest absolute Gasteiger partial charge is 0.481 e. The number of nitrogens with one attached hydrogen (secondary N) is 1. The Bertz CT molecular complexity index is 458. The Morgan fingerprint density at radius 2 is 2.20 bits per heavy atom. The number of hydrogen-bond acceptors (Lipinski definition) is 3. The molecule has 110 valence electrons. The van der Waals surface area contributed by atoms with Gasteiger partial charge in [0.25, 0.3) is 0 Å². The molecule has 1 aliphatic carbocycles. The highest BCUT2D eigenvalue weighted by atomic mass is 32.1. The quantitative estimate of drug-likeness (QED) is 0.876. The molecule has 20 heavy (non-hydrogen) atoms. The molecular weight excluding hydrogens is 274 g/mol. The SMILES string of the molecule is CCC(NC(=O)C1CCCC(C(=O)O)C1)c1cccs1. The third-order valence-electron chi connectivity index (χ3n) is 4.01. The minimum atomic E-state index is -0.771. The van der Waals surface area contributed by atoms with E-state index < -0.39 is 5.97 Å². The van der Waals surface area contributed by atoms with Crippen molar-refractivity contribution < 1.29 is 14.7 Å². The molecule has 2 N–H and O–H groups in total. The van der Waals surface area contributed by atoms with Gasteiger partial charge in [-0.25, -0.2) is 0 Å². The summed E-state index contributed by atoms with van der Waals surface area (Å²) in [5, 5.41) is 14.2. The fourth-order valence-electron chi connectivity index (χ4n) is 2.81. The van der Waals surface area contributed by atoms with E-state index in [-0.39, 0.29) is 23.8 Å². The molecule has 0 spiro atoms. The summed E-state index contributed by atoms with van der Waals surface area (Å²) in [6, 6.07) is 4.06. The van der Waals surface area contributed by atoms with Crippen LogP contribution in [0, 0.1) is 11.8 Å². The van der Waals surface area contributed by atoms with Crippen LogP contribution in [0.15, 0.2) is 17.5 Å². The van der Waals surface area contributed by atoms with Crippen LogP contribution >= 0.6 is 11.3 Å². The highest BCUT2D eigenvalue weighted by molar-refractivity contribution is 7.10. The van der Waals surface area contributed by atoms with E-state index in [1.807, 2.05) is 24.4 Å². The number of carbonyl (C=O) groups is 2. The first-order valence-corrected chi connectivity index (χ1v) is 8.06. The molecule has 2 rings (SSSR count). The van der Waals surface area contributed by atoms with Crippen molar-refractivity contribution in [3.8, 4) is 0 Å². The molecule has 0 aromatic carbocycles. The lowest BCUT2D eigenvalue weighted by Gasteiger charge is -2.27. The molecule has 3 atom stereocenters. The lowest BCUT2D eigenvalue weighted by atomic mass is 9.81. The van der Waals surface area contributed by atoms with Gasteiger partial charge >= 0.3 is 5.97 Å². The van der Waals surface area contributed by atoms with Crippen molar-refractivity contribution in [2.75, 3.05) is 0 Å². The van der Waals surface area contributed by atoms with E-state index in [1.54, 1.807) is 11.3 Å². The predicted molar refractivity (Wildman–Crippen MR) is 78.6 cm³/mol. The first-order chi connectivity index (χ1) is 9.61. The second-order valence-electron chi connectivity index (χ2n) is 5.38. The lowest BCUT2D eigenvalue weighted by molar-refractivity contribution is -0.144. The topological polar surface area (TPSA) is 66.4 Å². The zero-order valence-electron chi connectivity index (χ0n) is 11.7. The second-order valence-corrected chi connectivity index (χ2v) is 6.36. The molecule has 5 heteroatoms. The monoisotopic (exact) mass is 295 g/mol. The van der Waals surface area contributed by atoms with E-state index in [0.717, 1.165) is 24.1 Å². The van der Waals surface area contributed by atoms with Gasteiger partial charge in [-0.3, -0.25) is 9.59 Å². The van der Waals surface area contributed by atoms with Gasteiger partial charge in [-0.05, 0) is 37.1 Å². The highest BCUT2D eigenvalue weighted by Crippen LogP contribution is 2.30. The number of rotatable bonds is 5. The molecule has 1 saturated carbocycles. The van der Waals surface area contributed by atoms with Crippen molar-refractivity contribution in [1.82, 2.24) is 5.32 Å². The average molecular weight is 295 g/mol. The van der Waals surface area contributed by atoms with E-state index in [9.17, 15) is 9.59 Å². The second kappa shape index (κ2) is 6.88. The molecule has 0 bridgehead atoms. The molecule has 1 amide bonds. The highest BCUT2D eigenvalue weighted by Gasteiger charge is 2.31. The third-order valence-corrected chi connectivity index (χ3v) is 4.99. The minimum absolute atomic E-state index is 0.0104. The number of carboxylic acids is 1. The lowest BCUT2D eigenvalue weighted by Crippen LogP contribution is -2.37. The van der Waals surface area contributed by atoms with Gasteiger partial charge in [0.2, 0.25) is 5.91 Å². The smallest absolute Gasteiger partial charge is 0.306 e. The van der Waals surface area contributed by atoms with Crippen LogP contribution in [-0.2, 0) is 9.59 Å². The van der Waals surface area contributed by atoms with Crippen LogP contribution in [0.2, 0.25) is 0 Å². The summed E-state index contributed by atoms with van der Waals surface area (Å²) in [7, 11) is 0. The molecule has 0 aliphatic heterocycles. The maximum absolute atomic E-state index is 12.3. The van der Waals surface area contributed by atoms with Crippen molar-refractivity contribution in [2.24, 2.45) is 11.8 Å².